The molecular formula is C73H94N29O38P5. The van der Waals surface area contributed by atoms with E-state index in [1.165, 1.54) is 35.5 Å². The fraction of sp³-hybridized carbons (Fsp3) is 0.534. The summed E-state index contributed by atoms with van der Waals surface area (Å²) >= 11 is 0. The summed E-state index contributed by atoms with van der Waals surface area (Å²) < 4.78 is 206. The van der Waals surface area contributed by atoms with Crippen molar-refractivity contribution >= 4 is 113 Å². The van der Waals surface area contributed by atoms with Gasteiger partial charge in [0.25, 0.3) is 17.1 Å². The van der Waals surface area contributed by atoms with E-state index in [4.69, 9.17) is 136 Å². The van der Waals surface area contributed by atoms with Gasteiger partial charge in [-0.1, -0.05) is 0 Å². The molecule has 12 aromatic heterocycles. The Hall–Kier alpha value is -11.0. The van der Waals surface area contributed by atoms with E-state index in [1.54, 1.807) is 39.8 Å². The first-order valence-corrected chi connectivity index (χ1v) is 50.6. The lowest BCUT2D eigenvalue weighted by atomic mass is 10.1. The number of imidazole rings is 4. The monoisotopic (exact) mass is 2140 g/mol. The highest BCUT2D eigenvalue weighted by atomic mass is 31.2. The number of H-pyrrole nitrogens is 2. The van der Waals surface area contributed by atoms with Crippen LogP contribution in [-0.4, -0.2) is 342 Å². The predicted octanol–water partition coefficient (Wildman–Crippen LogP) is -3.35. The van der Waals surface area contributed by atoms with Crippen LogP contribution in [0.1, 0.15) is 60.1 Å². The van der Waals surface area contributed by atoms with Gasteiger partial charge in [-0.3, -0.25) is 92.2 Å². The number of methoxy groups -OCH3 is 5. The van der Waals surface area contributed by atoms with Crippen LogP contribution in [0.4, 0.5) is 29.4 Å². The summed E-state index contributed by atoms with van der Waals surface area (Å²) in [4.78, 5) is 168. The third kappa shape index (κ3) is 20.7. The molecule has 72 heteroatoms. The Morgan fingerprint density at radius 2 is 0.710 bits per heavy atom. The zero-order chi connectivity index (χ0) is 103. The Balaban J connectivity index is 0.588. The van der Waals surface area contributed by atoms with Crippen molar-refractivity contribution in [2.75, 3.05) is 104 Å². The Morgan fingerprint density at radius 3 is 1.08 bits per heavy atom. The first kappa shape index (κ1) is 104. The van der Waals surface area contributed by atoms with Crippen LogP contribution in [0.2, 0.25) is 0 Å². The molecule has 784 valence electrons. The average Bonchev–Trinajstić information content (AvgIpc) is 1.37. The minimum Gasteiger partial charge on any atom is -0.394 e. The van der Waals surface area contributed by atoms with Gasteiger partial charge in [0.1, 0.15) is 133 Å². The molecule has 0 spiro atoms. The number of aryl methyl sites for hydroxylation is 4. The maximum atomic E-state index is 15.0. The van der Waals surface area contributed by atoms with E-state index in [1.807, 2.05) is 0 Å². The molecule has 29 atom stereocenters. The van der Waals surface area contributed by atoms with Gasteiger partial charge >= 0.3 is 50.5 Å². The number of hydrogen-bond acceptors (Lipinski definition) is 52. The molecule has 67 nitrogen and oxygen atoms in total. The molecule has 20 N–H and O–H groups in total. The molecule has 5 unspecified atom stereocenters. The van der Waals surface area contributed by atoms with Gasteiger partial charge in [-0.15, -0.1) is 0 Å². The van der Waals surface area contributed by atoms with Crippen LogP contribution in [0.25, 0.3) is 56.4 Å². The number of fused-ring (bicyclic) bond motifs is 4. The number of nitrogens with one attached hydrogen (secondary N) is 2. The Bertz CT molecular complexity index is 7370. The molecule has 0 aliphatic carbocycles. The molecule has 0 aromatic carbocycles. The highest BCUT2D eigenvalue weighted by molar-refractivity contribution is 7.48. The van der Waals surface area contributed by atoms with E-state index in [0.717, 1.165) is 93.0 Å². The number of nitrogens with zero attached hydrogens (tertiary/aromatic N) is 22. The van der Waals surface area contributed by atoms with Crippen molar-refractivity contribution in [2.45, 2.75) is 175 Å². The van der Waals surface area contributed by atoms with E-state index in [9.17, 15) is 77.2 Å². The van der Waals surface area contributed by atoms with E-state index < -0.39 is 254 Å². The number of anilines is 5. The van der Waals surface area contributed by atoms with Crippen LogP contribution in [0.5, 0.6) is 0 Å². The fourth-order valence-electron chi connectivity index (χ4n) is 17.6. The number of nitrogens with two attached hydrogens (primary N) is 5. The van der Waals surface area contributed by atoms with E-state index in [0.29, 0.717) is 22.8 Å². The molecule has 6 aliphatic rings. The summed E-state index contributed by atoms with van der Waals surface area (Å²) in [5, 5.41) is 43.0. The Kier molecular flexibility index (Phi) is 29.3. The van der Waals surface area contributed by atoms with Crippen molar-refractivity contribution in [1.82, 2.24) is 117 Å². The first-order valence-electron chi connectivity index (χ1n) is 43.1. The lowest BCUT2D eigenvalue weighted by Crippen LogP contribution is -2.40. The summed E-state index contributed by atoms with van der Waals surface area (Å²) in [5.74, 6) is -1.23. The van der Waals surface area contributed by atoms with Crippen LogP contribution in [-0.2, 0) is 120 Å². The summed E-state index contributed by atoms with van der Waals surface area (Å²) in [5.41, 5.74) is 27.6. The number of aliphatic hydroxyl groups is 3. The number of rotatable bonds is 39. The molecule has 6 saturated heterocycles. The molecule has 6 fully saturated rings. The maximum absolute atomic E-state index is 15.0. The SMILES string of the molecule is CO[C@@H]1[C@H](OP(=O)(O)OC[C@H]2O[C@@H](n3cnc4c(-n5nc(C)cc5C)nc(-n5nc(C)cc5C)nc43)[C@H](O)[C@@H]2O)[C@@H](COP(=O)(O)O[C@H]2[C@@H](OC)[C@H](n3cnc4c(N)ncnc43)O[C@@H]2COP(=O)(O)O[C@H]2[C@@H](OC)[C@H](n3ccc(N)nc3=O)O[C@@H]2COP(=O)(O)O[C@H]2[C@@H](OC)[C@H](n3cnc4c(=O)[nH]c(N)nc43)O[C@@H]2COP(=O)(O)O[C@H]2[C@@H](OC)[C@H](n3cnc4c(=O)[nH]c(N)nc43)O[C@@H]2CO)O[C@H]1n1ccc(N)nc1=O. The van der Waals surface area contributed by atoms with Gasteiger partial charge in [0.2, 0.25) is 11.9 Å². The van der Waals surface area contributed by atoms with Gasteiger partial charge in [0, 0.05) is 59.3 Å². The van der Waals surface area contributed by atoms with E-state index in [2.05, 4.69) is 70.0 Å². The van der Waals surface area contributed by atoms with Crippen molar-refractivity contribution in [3.8, 4) is 11.8 Å². The second-order valence-electron chi connectivity index (χ2n) is 33.3. The molecule has 12 aromatic rings. The van der Waals surface area contributed by atoms with Crippen LogP contribution in [0.3, 0.4) is 0 Å². The van der Waals surface area contributed by atoms with Gasteiger partial charge in [0.15, 0.2) is 88.1 Å². The Morgan fingerprint density at radius 1 is 0.379 bits per heavy atom. The zero-order valence-electron chi connectivity index (χ0n) is 76.7. The number of aromatic nitrogens is 24. The normalized spacial score (nSPS) is 29.8. The highest BCUT2D eigenvalue weighted by Gasteiger charge is 2.59. The molecule has 18 heterocycles. The number of aromatic amines is 2. The minimum atomic E-state index is -5.91. The second-order valence-corrected chi connectivity index (χ2v) is 40.3. The molecule has 0 radical (unpaired) electrons. The number of hydrogen-bond donors (Lipinski definition) is 15. The minimum absolute atomic E-state index is 0.0206. The molecular weight excluding hydrogens is 2050 g/mol. The van der Waals surface area contributed by atoms with Crippen LogP contribution in [0.15, 0.2) is 87.5 Å². The number of nitrogen functional groups attached to an aromatic ring is 5. The summed E-state index contributed by atoms with van der Waals surface area (Å²) in [6.45, 7) is 0.225. The van der Waals surface area contributed by atoms with E-state index >= 15 is 4.57 Å². The number of phosphoric ester groups is 5. The van der Waals surface area contributed by atoms with Crippen molar-refractivity contribution in [3.05, 3.63) is 133 Å². The van der Waals surface area contributed by atoms with Crippen molar-refractivity contribution in [1.29, 1.82) is 0 Å². The molecule has 18 rings (SSSR count). The molecule has 6 aliphatic heterocycles. The van der Waals surface area contributed by atoms with Gasteiger partial charge in [-0.05, 0) is 52.0 Å². The first-order chi connectivity index (χ1) is 68.9. The largest absolute Gasteiger partial charge is 0.472 e. The average molecular weight is 2140 g/mol. The van der Waals surface area contributed by atoms with Gasteiger partial charge in [0.05, 0.1) is 76.3 Å². The topological polar surface area (TPSA) is 891 Å². The number of phosphoric acid groups is 5. The fourth-order valence-corrected chi connectivity index (χ4v) is 22.4. The highest BCUT2D eigenvalue weighted by Crippen LogP contribution is 2.58. The summed E-state index contributed by atoms with van der Waals surface area (Å²) in [6.07, 6.45) is -34.9. The summed E-state index contributed by atoms with van der Waals surface area (Å²) in [7, 11) is -23.5. The smallest absolute Gasteiger partial charge is 0.394 e. The molecule has 0 amide bonds. The van der Waals surface area contributed by atoms with Crippen LogP contribution < -0.4 is 51.2 Å². The molecule has 0 saturated carbocycles. The van der Waals surface area contributed by atoms with Crippen molar-refractivity contribution in [2.24, 2.45) is 0 Å². The van der Waals surface area contributed by atoms with Gasteiger partial charge < -0.3 is 121 Å². The number of ether oxygens (including phenoxy) is 11. The van der Waals surface area contributed by atoms with Crippen LogP contribution >= 0.6 is 39.1 Å². The molecule has 0 bridgehead atoms. The lowest BCUT2D eigenvalue weighted by Gasteiger charge is -2.28. The Labute approximate surface area is 809 Å². The number of aliphatic hydroxyl groups excluding tert-OH is 3. The predicted molar refractivity (Wildman–Crippen MR) is 479 cm³/mol. The zero-order valence-corrected chi connectivity index (χ0v) is 81.2. The lowest BCUT2D eigenvalue weighted by molar-refractivity contribution is -0.0675. The van der Waals surface area contributed by atoms with Gasteiger partial charge in [-0.2, -0.15) is 40.1 Å². The van der Waals surface area contributed by atoms with E-state index in [-0.39, 0.29) is 79.8 Å². The summed E-state index contributed by atoms with van der Waals surface area (Å²) in [6, 6.07) is 5.89. The standard InChI is InChI=1S/C73H94N29O38P5/c1-27-14-29(3)101(93-27)60-40-57(89-71(90-60)102-30(4)15-28(2)94-102)98(24-82-40)63-44(105)43(104)32(131-63)17-125-141(110,111)137-46-33(132-64(51(46)121-6)95-12-10-37(74)85-72(95)108)18-127-144(116,117)139-48-35(134-66(53(48)123-8)97-23-81-39-55(76)79-22-80-56(39)97)20-129-143(114,115)138-47-34(133-65(52(47)122-7)96-13-11-38(75)86-73(96)109)19-128-145(118,119)140-49-36(135-68(54(49)124-9)100-26-84-42-59(100)88-70(78)92-62(42)107)21-126-142(112,113)136-45-31(16-103)130-67(50(45)120-5)99-25-83-41-58(99)87-69(77)91-61(41)106/h10-15,22-26,31-36,43-54,63-68,103-105H,16-21H2,1-9H3,(H,110,111)(H,112,113)(H,114,115)(H,116,117)(H,118,119)(H2,74,85,108)(H2,75,86,109)(H2,76,79,80)(H3,77,87,91,106)(H3,78,88,92,107)/t31-,32-,33-,34-,35-,36-,43-,44-,45-,46-,47-,48-,49-,50-,51-,52-,53-,54-,63-,64-,65-,66-,67-,68-/m1/s1. The van der Waals surface area contributed by atoms with Crippen molar-refractivity contribution < 1.29 is 160 Å². The van der Waals surface area contributed by atoms with Gasteiger partial charge in [-0.25, -0.2) is 71.7 Å². The molecule has 145 heavy (non-hydrogen) atoms. The maximum Gasteiger partial charge on any atom is 0.472 e. The third-order valence-corrected chi connectivity index (χ3v) is 29.0. The second kappa shape index (κ2) is 40.9. The third-order valence-electron chi connectivity index (χ3n) is 24.0. The van der Waals surface area contributed by atoms with Crippen molar-refractivity contribution in [3.63, 3.8) is 0 Å². The quantitative estimate of drug-likeness (QED) is 0.0167. The van der Waals surface area contributed by atoms with Crippen LogP contribution in [0, 0.1) is 27.7 Å².